The molecule has 1 fully saturated rings. The molecule has 0 radical (unpaired) electrons. The van der Waals surface area contributed by atoms with Crippen molar-refractivity contribution in [1.82, 2.24) is 20.3 Å². The Morgan fingerprint density at radius 3 is 2.81 bits per heavy atom. The fourth-order valence-corrected chi connectivity index (χ4v) is 3.00. The minimum absolute atomic E-state index is 0.0497. The van der Waals surface area contributed by atoms with E-state index in [0.29, 0.717) is 5.69 Å². The van der Waals surface area contributed by atoms with E-state index in [4.69, 9.17) is 14.2 Å². The molecule has 13 nitrogen and oxygen atoms in total. The second-order valence-electron chi connectivity index (χ2n) is 7.17. The lowest BCUT2D eigenvalue weighted by atomic mass is 9.91. The number of rotatable bonds is 11. The van der Waals surface area contributed by atoms with E-state index in [1.807, 2.05) is 0 Å². The number of carbonyl (C=O) groups excluding carboxylic acids is 2. The molecule has 2 heterocycles. The van der Waals surface area contributed by atoms with Crippen molar-refractivity contribution in [2.75, 3.05) is 19.8 Å². The van der Waals surface area contributed by atoms with Crippen molar-refractivity contribution in [1.29, 1.82) is 0 Å². The van der Waals surface area contributed by atoms with Crippen molar-refractivity contribution in [2.45, 2.75) is 57.6 Å². The van der Waals surface area contributed by atoms with Gasteiger partial charge in [0.25, 0.3) is 5.91 Å². The number of hydrogen-bond acceptors (Lipinski definition) is 10. The molecule has 6 atom stereocenters. The van der Waals surface area contributed by atoms with Crippen LogP contribution in [0.15, 0.2) is 11.2 Å². The van der Waals surface area contributed by atoms with E-state index in [0.717, 1.165) is 0 Å². The standard InChI is InChI=1S/C18H29N5O8/c1-10-14(7-24)31-18(16(27)15(10)26)30-5-4-23-6-12(21-22-23)8-29-9-13(17(28)19-3)20-11(2)25/h6,10,13-16,18,24,26-27H,3-5,7-9H2,1-2H3,(H,20,25)/t10-,13+,14?,15?,16?,18-/m1/s1. The zero-order valence-corrected chi connectivity index (χ0v) is 17.5. The molecule has 0 aliphatic carbocycles. The zero-order chi connectivity index (χ0) is 23.0. The van der Waals surface area contributed by atoms with Gasteiger partial charge in [0.15, 0.2) is 6.29 Å². The van der Waals surface area contributed by atoms with E-state index in [9.17, 15) is 24.9 Å². The van der Waals surface area contributed by atoms with Crippen LogP contribution >= 0.6 is 0 Å². The number of ether oxygens (including phenoxy) is 3. The minimum atomic E-state index is -1.23. The maximum atomic E-state index is 11.6. The van der Waals surface area contributed by atoms with Gasteiger partial charge >= 0.3 is 0 Å². The van der Waals surface area contributed by atoms with Gasteiger partial charge in [-0.05, 0) is 6.72 Å². The quantitative estimate of drug-likeness (QED) is 0.270. The van der Waals surface area contributed by atoms with Gasteiger partial charge in [-0.15, -0.1) is 5.10 Å². The molecule has 2 amide bonds. The lowest BCUT2D eigenvalue weighted by Crippen LogP contribution is -2.55. The maximum absolute atomic E-state index is 11.6. The van der Waals surface area contributed by atoms with Crippen molar-refractivity contribution < 1.29 is 39.1 Å². The molecule has 0 saturated carbocycles. The third-order valence-corrected chi connectivity index (χ3v) is 4.80. The Balaban J connectivity index is 1.77. The second-order valence-corrected chi connectivity index (χ2v) is 7.17. The Morgan fingerprint density at radius 2 is 2.16 bits per heavy atom. The van der Waals surface area contributed by atoms with Crippen LogP contribution in [-0.2, 0) is 37.0 Å². The van der Waals surface area contributed by atoms with Crippen molar-refractivity contribution in [2.24, 2.45) is 10.9 Å². The third kappa shape index (κ3) is 7.12. The van der Waals surface area contributed by atoms with Crippen LogP contribution in [0.5, 0.6) is 0 Å². The largest absolute Gasteiger partial charge is 0.394 e. The summed E-state index contributed by atoms with van der Waals surface area (Å²) < 4.78 is 17.9. The zero-order valence-electron chi connectivity index (χ0n) is 17.5. The molecule has 1 aliphatic rings. The smallest absolute Gasteiger partial charge is 0.270 e. The highest BCUT2D eigenvalue weighted by molar-refractivity contribution is 5.89. The second kappa shape index (κ2) is 11.9. The van der Waals surface area contributed by atoms with Gasteiger partial charge in [0.1, 0.15) is 17.8 Å². The molecule has 3 unspecified atom stereocenters. The number of nitrogens with one attached hydrogen (secondary N) is 1. The van der Waals surface area contributed by atoms with Crippen molar-refractivity contribution in [3.8, 4) is 0 Å². The number of aliphatic hydroxyl groups is 3. The highest BCUT2D eigenvalue weighted by atomic mass is 16.7. The summed E-state index contributed by atoms with van der Waals surface area (Å²) in [5, 5.41) is 39.7. The predicted molar refractivity (Wildman–Crippen MR) is 105 cm³/mol. The molecule has 2 rings (SSSR count). The number of aliphatic hydroxyl groups excluding tert-OH is 3. The summed E-state index contributed by atoms with van der Waals surface area (Å²) in [7, 11) is 0. The summed E-state index contributed by atoms with van der Waals surface area (Å²) in [5.41, 5.74) is 0.485. The number of carbonyl (C=O) groups is 2. The molecule has 0 aromatic carbocycles. The SMILES string of the molecule is C=NC(=O)[C@H](COCc1cn(CCO[C@@H]2OC(CO)[C@@H](C)C(O)C2O)nn1)NC(C)=O. The van der Waals surface area contributed by atoms with E-state index in [-0.39, 0.29) is 33.0 Å². The predicted octanol–water partition coefficient (Wildman–Crippen LogP) is -2.38. The first-order chi connectivity index (χ1) is 14.8. The highest BCUT2D eigenvalue weighted by Gasteiger charge is 2.42. The van der Waals surface area contributed by atoms with Crippen LogP contribution in [0.1, 0.15) is 19.5 Å². The van der Waals surface area contributed by atoms with Crippen LogP contribution in [0, 0.1) is 5.92 Å². The molecule has 1 saturated heterocycles. The Labute approximate surface area is 179 Å². The van der Waals surface area contributed by atoms with Gasteiger partial charge < -0.3 is 34.8 Å². The number of amides is 2. The van der Waals surface area contributed by atoms with Gasteiger partial charge in [-0.1, -0.05) is 12.1 Å². The maximum Gasteiger partial charge on any atom is 0.270 e. The molecular formula is C18H29N5O8. The number of aromatic nitrogens is 3. The van der Waals surface area contributed by atoms with Gasteiger partial charge in [0.2, 0.25) is 5.91 Å². The van der Waals surface area contributed by atoms with Gasteiger partial charge in [0.05, 0.1) is 51.4 Å². The van der Waals surface area contributed by atoms with Gasteiger partial charge in [-0.25, -0.2) is 9.67 Å². The van der Waals surface area contributed by atoms with E-state index in [2.05, 4.69) is 27.3 Å². The van der Waals surface area contributed by atoms with Crippen LogP contribution in [0.2, 0.25) is 0 Å². The summed E-state index contributed by atoms with van der Waals surface area (Å²) in [6.07, 6.45) is -2.41. The van der Waals surface area contributed by atoms with Crippen molar-refractivity contribution in [3.05, 3.63) is 11.9 Å². The molecule has 1 aromatic rings. The first-order valence-corrected chi connectivity index (χ1v) is 9.75. The molecule has 13 heteroatoms. The molecule has 0 bridgehead atoms. The van der Waals surface area contributed by atoms with Gasteiger partial charge in [-0.3, -0.25) is 9.59 Å². The highest BCUT2D eigenvalue weighted by Crippen LogP contribution is 2.26. The van der Waals surface area contributed by atoms with Crippen LogP contribution < -0.4 is 5.32 Å². The van der Waals surface area contributed by atoms with Crippen molar-refractivity contribution in [3.63, 3.8) is 0 Å². The number of nitrogens with zero attached hydrogens (tertiary/aromatic N) is 4. The lowest BCUT2D eigenvalue weighted by Gasteiger charge is -2.40. The van der Waals surface area contributed by atoms with Crippen LogP contribution in [0.4, 0.5) is 0 Å². The van der Waals surface area contributed by atoms with E-state index >= 15 is 0 Å². The summed E-state index contributed by atoms with van der Waals surface area (Å²) in [4.78, 5) is 26.0. The average molecular weight is 443 g/mol. The minimum Gasteiger partial charge on any atom is -0.394 e. The fourth-order valence-electron chi connectivity index (χ4n) is 3.00. The molecule has 31 heavy (non-hydrogen) atoms. The summed E-state index contributed by atoms with van der Waals surface area (Å²) >= 11 is 0. The summed E-state index contributed by atoms with van der Waals surface area (Å²) in [6.45, 7) is 6.14. The molecule has 1 aliphatic heterocycles. The number of aliphatic imine (C=N–C) groups is 1. The van der Waals surface area contributed by atoms with Gasteiger partial charge in [-0.2, -0.15) is 0 Å². The molecule has 0 spiro atoms. The third-order valence-electron chi connectivity index (χ3n) is 4.80. The average Bonchev–Trinajstić information content (AvgIpc) is 3.19. The number of hydrogen-bond donors (Lipinski definition) is 4. The molecule has 174 valence electrons. The van der Waals surface area contributed by atoms with Crippen molar-refractivity contribution >= 4 is 18.5 Å². The van der Waals surface area contributed by atoms with Gasteiger partial charge in [0, 0.05) is 12.8 Å². The van der Waals surface area contributed by atoms with E-state index < -0.39 is 48.4 Å². The van der Waals surface area contributed by atoms with E-state index in [1.165, 1.54) is 11.6 Å². The first-order valence-electron chi connectivity index (χ1n) is 9.75. The fraction of sp³-hybridized carbons (Fsp3) is 0.722. The lowest BCUT2D eigenvalue weighted by molar-refractivity contribution is -0.288. The first kappa shape index (κ1) is 25.0. The Hall–Kier alpha value is -2.29. The summed E-state index contributed by atoms with van der Waals surface area (Å²) in [5.74, 6) is -1.43. The monoisotopic (exact) mass is 443 g/mol. The Kier molecular flexibility index (Phi) is 9.61. The Bertz CT molecular complexity index is 742. The Morgan fingerprint density at radius 1 is 1.42 bits per heavy atom. The molecule has 1 aromatic heterocycles. The topological polar surface area (TPSA) is 178 Å². The molecular weight excluding hydrogens is 414 g/mol. The van der Waals surface area contributed by atoms with Crippen LogP contribution in [0.25, 0.3) is 0 Å². The summed E-state index contributed by atoms with van der Waals surface area (Å²) in [6, 6.07) is -0.929. The van der Waals surface area contributed by atoms with E-state index in [1.54, 1.807) is 13.1 Å². The van der Waals surface area contributed by atoms with Crippen LogP contribution in [0.3, 0.4) is 0 Å². The molecule has 4 N–H and O–H groups in total. The normalized spacial score (nSPS) is 26.9. The van der Waals surface area contributed by atoms with Crippen LogP contribution in [-0.4, -0.2) is 99.3 Å².